The number of pyridine rings is 2. The number of rotatable bonds is 4. The number of hydrogen-bond donors (Lipinski definition) is 1. The number of nitrogens with zero attached hydrogens (tertiary/aromatic N) is 6. The molecular formula is C24H26FN7. The van der Waals surface area contributed by atoms with Gasteiger partial charge in [0.15, 0.2) is 5.82 Å². The highest BCUT2D eigenvalue weighted by molar-refractivity contribution is 5.79. The molecule has 0 amide bonds. The summed E-state index contributed by atoms with van der Waals surface area (Å²) in [5, 5.41) is 12.5. The lowest BCUT2D eigenvalue weighted by Gasteiger charge is -2.34. The van der Waals surface area contributed by atoms with Crippen LogP contribution in [-0.2, 0) is 0 Å². The fourth-order valence-electron chi connectivity index (χ4n) is 3.84. The topological polar surface area (TPSA) is 80.4 Å². The van der Waals surface area contributed by atoms with Crippen molar-refractivity contribution in [2.75, 3.05) is 36.5 Å². The van der Waals surface area contributed by atoms with E-state index in [9.17, 15) is 9.65 Å². The first kappa shape index (κ1) is 21.5. The predicted molar refractivity (Wildman–Crippen MR) is 125 cm³/mol. The first-order valence-electron chi connectivity index (χ1n) is 10.7. The SMILES string of the molecule is C=C(NC1=CC(F)CCN=C1)N1CCCCN(C)c2ccc(-c3cncc(C#N)c3)nc21. The van der Waals surface area contributed by atoms with Gasteiger partial charge in [0.1, 0.15) is 18.1 Å². The molecule has 1 N–H and O–H groups in total. The summed E-state index contributed by atoms with van der Waals surface area (Å²) in [6, 6.07) is 7.88. The Morgan fingerprint density at radius 1 is 1.28 bits per heavy atom. The minimum atomic E-state index is -1.04. The maximum atomic E-state index is 14.0. The molecule has 0 saturated heterocycles. The molecule has 7 nitrogen and oxygen atoms in total. The molecule has 0 spiro atoms. The minimum Gasteiger partial charge on any atom is -0.372 e. The number of aliphatic imine (C=N–C) groups is 1. The van der Waals surface area contributed by atoms with E-state index in [1.807, 2.05) is 24.1 Å². The Hall–Kier alpha value is -3.73. The van der Waals surface area contributed by atoms with Gasteiger partial charge in [0, 0.05) is 57.3 Å². The summed E-state index contributed by atoms with van der Waals surface area (Å²) in [5.41, 5.74) is 3.55. The van der Waals surface area contributed by atoms with E-state index in [0.717, 1.165) is 48.7 Å². The molecule has 0 fully saturated rings. The van der Waals surface area contributed by atoms with E-state index >= 15 is 0 Å². The number of aromatic nitrogens is 2. The molecule has 0 radical (unpaired) electrons. The first-order valence-corrected chi connectivity index (χ1v) is 10.7. The molecule has 1 unspecified atom stereocenters. The van der Waals surface area contributed by atoms with Crippen LogP contribution in [0, 0.1) is 11.3 Å². The number of anilines is 2. The van der Waals surface area contributed by atoms with E-state index in [0.29, 0.717) is 30.0 Å². The Kier molecular flexibility index (Phi) is 6.45. The molecule has 2 aromatic heterocycles. The molecule has 2 aromatic rings. The van der Waals surface area contributed by atoms with E-state index < -0.39 is 6.17 Å². The molecule has 1 atom stereocenters. The number of allylic oxidation sites excluding steroid dienone is 2. The number of halogens is 1. The van der Waals surface area contributed by atoms with Crippen LogP contribution < -0.4 is 15.1 Å². The van der Waals surface area contributed by atoms with Gasteiger partial charge in [0.05, 0.1) is 22.6 Å². The molecule has 0 bridgehead atoms. The second kappa shape index (κ2) is 9.60. The Bertz CT molecular complexity index is 1100. The molecule has 164 valence electrons. The minimum absolute atomic E-state index is 0.381. The van der Waals surface area contributed by atoms with Crippen molar-refractivity contribution < 1.29 is 4.39 Å². The lowest BCUT2D eigenvalue weighted by atomic mass is 10.1. The summed E-state index contributed by atoms with van der Waals surface area (Å²) >= 11 is 0. The molecule has 0 saturated carbocycles. The molecule has 4 heterocycles. The van der Waals surface area contributed by atoms with Crippen LogP contribution in [0.25, 0.3) is 11.3 Å². The second-order valence-corrected chi connectivity index (χ2v) is 7.93. The Morgan fingerprint density at radius 2 is 2.12 bits per heavy atom. The molecule has 0 aliphatic carbocycles. The largest absolute Gasteiger partial charge is 0.372 e. The van der Waals surface area contributed by atoms with Crippen LogP contribution in [0.4, 0.5) is 15.9 Å². The summed E-state index contributed by atoms with van der Waals surface area (Å²) in [7, 11) is 2.05. The number of fused-ring (bicyclic) bond motifs is 1. The summed E-state index contributed by atoms with van der Waals surface area (Å²) in [4.78, 5) is 17.6. The lowest BCUT2D eigenvalue weighted by Crippen LogP contribution is -2.36. The van der Waals surface area contributed by atoms with Gasteiger partial charge in [0.2, 0.25) is 0 Å². The van der Waals surface area contributed by atoms with Crippen molar-refractivity contribution in [1.29, 1.82) is 5.26 Å². The number of nitrogens with one attached hydrogen (secondary N) is 1. The van der Waals surface area contributed by atoms with Crippen LogP contribution in [0.2, 0.25) is 0 Å². The molecule has 2 aliphatic rings. The fourth-order valence-corrected chi connectivity index (χ4v) is 3.84. The van der Waals surface area contributed by atoms with Crippen molar-refractivity contribution in [3.05, 3.63) is 60.3 Å². The van der Waals surface area contributed by atoms with E-state index in [1.165, 1.54) is 6.20 Å². The van der Waals surface area contributed by atoms with Crippen LogP contribution in [0.15, 0.2) is 59.8 Å². The van der Waals surface area contributed by atoms with Gasteiger partial charge in [-0.1, -0.05) is 6.58 Å². The van der Waals surface area contributed by atoms with Gasteiger partial charge < -0.3 is 15.1 Å². The predicted octanol–water partition coefficient (Wildman–Crippen LogP) is 3.81. The summed E-state index contributed by atoms with van der Waals surface area (Å²) in [6.45, 7) is 6.35. The molecule has 4 rings (SSSR count). The first-order chi connectivity index (χ1) is 15.5. The van der Waals surface area contributed by atoms with Crippen LogP contribution in [-0.4, -0.2) is 49.0 Å². The zero-order valence-corrected chi connectivity index (χ0v) is 18.1. The maximum absolute atomic E-state index is 14.0. The number of hydrogen-bond acceptors (Lipinski definition) is 7. The van der Waals surface area contributed by atoms with Crippen LogP contribution in [0.1, 0.15) is 24.8 Å². The van der Waals surface area contributed by atoms with Gasteiger partial charge in [-0.25, -0.2) is 9.37 Å². The highest BCUT2D eigenvalue weighted by atomic mass is 19.1. The smallest absolute Gasteiger partial charge is 0.158 e. The average Bonchev–Trinajstić information content (AvgIpc) is 3.00. The highest BCUT2D eigenvalue weighted by Gasteiger charge is 2.22. The molecule has 8 heteroatoms. The van der Waals surface area contributed by atoms with Crippen molar-refractivity contribution in [3.8, 4) is 17.3 Å². The van der Waals surface area contributed by atoms with Crippen molar-refractivity contribution >= 4 is 17.7 Å². The zero-order valence-electron chi connectivity index (χ0n) is 18.1. The summed E-state index contributed by atoms with van der Waals surface area (Å²) in [6.07, 6.45) is 7.77. The van der Waals surface area contributed by atoms with E-state index in [4.69, 9.17) is 4.98 Å². The van der Waals surface area contributed by atoms with Crippen LogP contribution >= 0.6 is 0 Å². The molecule has 32 heavy (non-hydrogen) atoms. The standard InChI is InChI=1S/C24H26FN7/c1-17(29-21-12-20(25)7-8-27-16-21)32-10-4-3-9-31(2)23-6-5-22(30-24(23)32)19-11-18(13-26)14-28-15-19/h5-6,11-12,14-16,20,29H,1,3-4,7-10H2,2H3. The monoisotopic (exact) mass is 431 g/mol. The third-order valence-corrected chi connectivity index (χ3v) is 5.55. The van der Waals surface area contributed by atoms with Gasteiger partial charge in [-0.05, 0) is 37.1 Å². The van der Waals surface area contributed by atoms with Gasteiger partial charge in [-0.15, -0.1) is 0 Å². The van der Waals surface area contributed by atoms with Gasteiger partial charge in [-0.2, -0.15) is 5.26 Å². The van der Waals surface area contributed by atoms with Gasteiger partial charge >= 0.3 is 0 Å². The summed E-state index contributed by atoms with van der Waals surface area (Å²) < 4.78 is 14.0. The van der Waals surface area contributed by atoms with Crippen LogP contribution in [0.3, 0.4) is 0 Å². The third kappa shape index (κ3) is 4.78. The zero-order chi connectivity index (χ0) is 22.5. The average molecular weight is 432 g/mol. The third-order valence-electron chi connectivity index (χ3n) is 5.55. The van der Waals surface area contributed by atoms with Gasteiger partial charge in [-0.3, -0.25) is 9.98 Å². The van der Waals surface area contributed by atoms with Crippen LogP contribution in [0.5, 0.6) is 0 Å². The van der Waals surface area contributed by atoms with E-state index in [1.54, 1.807) is 24.6 Å². The fraction of sp³-hybridized carbons (Fsp3) is 0.333. The summed E-state index contributed by atoms with van der Waals surface area (Å²) in [5.74, 6) is 1.37. The maximum Gasteiger partial charge on any atom is 0.158 e. The normalized spacial score (nSPS) is 18.5. The highest BCUT2D eigenvalue weighted by Crippen LogP contribution is 2.33. The van der Waals surface area contributed by atoms with Crippen molar-refractivity contribution in [1.82, 2.24) is 15.3 Å². The van der Waals surface area contributed by atoms with E-state index in [-0.39, 0.29) is 0 Å². The Morgan fingerprint density at radius 3 is 2.97 bits per heavy atom. The lowest BCUT2D eigenvalue weighted by molar-refractivity contribution is 0.383. The molecule has 0 aromatic carbocycles. The van der Waals surface area contributed by atoms with E-state index in [2.05, 4.69) is 32.8 Å². The quantitative estimate of drug-likeness (QED) is 0.793. The van der Waals surface area contributed by atoms with Crippen molar-refractivity contribution in [2.45, 2.75) is 25.4 Å². The number of alkyl halides is 1. The van der Waals surface area contributed by atoms with Crippen molar-refractivity contribution in [2.24, 2.45) is 4.99 Å². The Balaban J connectivity index is 1.71. The van der Waals surface area contributed by atoms with Crippen molar-refractivity contribution in [3.63, 3.8) is 0 Å². The van der Waals surface area contributed by atoms with Gasteiger partial charge in [0.25, 0.3) is 0 Å². The molecule has 2 aliphatic heterocycles. The molecular weight excluding hydrogens is 405 g/mol. The number of nitriles is 1. The second-order valence-electron chi connectivity index (χ2n) is 7.93. The Labute approximate surface area is 187 Å².